The summed E-state index contributed by atoms with van der Waals surface area (Å²) in [4.78, 5) is 0.281. The third-order valence-corrected chi connectivity index (χ3v) is 6.38. The Kier molecular flexibility index (Phi) is 2.60. The summed E-state index contributed by atoms with van der Waals surface area (Å²) < 4.78 is 32.2. The van der Waals surface area contributed by atoms with Gasteiger partial charge in [-0.05, 0) is 47.0 Å². The largest absolute Gasteiger partial charge is 0.247 e. The normalized spacial score (nSPS) is 22.1. The Morgan fingerprint density at radius 1 is 1.53 bits per heavy atom. The number of alkyl halides is 1. The summed E-state index contributed by atoms with van der Waals surface area (Å²) in [6.45, 7) is 0. The second kappa shape index (κ2) is 3.43. The summed E-state index contributed by atoms with van der Waals surface area (Å²) in [5.74, 6) is -0.437. The lowest BCUT2D eigenvalue weighted by Gasteiger charge is -2.12. The molecule has 0 saturated heterocycles. The molecule has 0 aromatic heterocycles. The number of rotatable bonds is 2. The van der Waals surface area contributed by atoms with E-state index >= 15 is 0 Å². The molecular weight excluding hydrogens is 305 g/mol. The van der Waals surface area contributed by atoms with E-state index < -0.39 is 19.8 Å². The fourth-order valence-corrected chi connectivity index (χ4v) is 3.79. The molecule has 0 amide bonds. The van der Waals surface area contributed by atoms with Gasteiger partial charge in [-0.3, -0.25) is 0 Å². The molecule has 15 heavy (non-hydrogen) atoms. The molecule has 1 aliphatic rings. The van der Waals surface area contributed by atoms with Crippen LogP contribution in [0, 0.1) is 10.6 Å². The van der Waals surface area contributed by atoms with Crippen LogP contribution >= 0.6 is 27.5 Å². The molecule has 6 heteroatoms. The molecule has 0 aliphatic heterocycles. The maximum atomic E-state index is 13.0. The van der Waals surface area contributed by atoms with E-state index in [4.69, 9.17) is 16.4 Å². The summed E-state index contributed by atoms with van der Waals surface area (Å²) in [6, 6.07) is 3.92. The number of nitrogens with one attached hydrogen (secondary N) is 1. The van der Waals surface area contributed by atoms with Crippen molar-refractivity contribution in [1.82, 2.24) is 0 Å². The van der Waals surface area contributed by atoms with Crippen LogP contribution in [0.15, 0.2) is 27.6 Å². The number of halogens is 3. The first-order valence-electron chi connectivity index (χ1n) is 4.29. The van der Waals surface area contributed by atoms with Crippen LogP contribution in [0.5, 0.6) is 0 Å². The van der Waals surface area contributed by atoms with Crippen molar-refractivity contribution in [2.45, 2.75) is 21.9 Å². The fraction of sp³-hybridized carbons (Fsp3) is 0.333. The van der Waals surface area contributed by atoms with Crippen molar-refractivity contribution in [3.05, 3.63) is 28.5 Å². The molecule has 1 aromatic carbocycles. The van der Waals surface area contributed by atoms with Gasteiger partial charge in [0.25, 0.3) is 0 Å². The van der Waals surface area contributed by atoms with Crippen LogP contribution in [-0.4, -0.2) is 8.42 Å². The maximum absolute atomic E-state index is 13.0. The molecule has 0 spiro atoms. The van der Waals surface area contributed by atoms with Gasteiger partial charge >= 0.3 is 0 Å². The van der Waals surface area contributed by atoms with Gasteiger partial charge < -0.3 is 0 Å². The van der Waals surface area contributed by atoms with Crippen molar-refractivity contribution < 1.29 is 8.60 Å². The molecule has 2 rings (SSSR count). The smallest absolute Gasteiger partial charge is 0.137 e. The highest BCUT2D eigenvalue weighted by atomic mass is 79.9. The van der Waals surface area contributed by atoms with Crippen LogP contribution in [-0.2, 0) is 9.73 Å². The zero-order valence-electron chi connectivity index (χ0n) is 7.60. The van der Waals surface area contributed by atoms with E-state index in [-0.39, 0.29) is 9.37 Å². The van der Waals surface area contributed by atoms with Crippen LogP contribution in [0.1, 0.15) is 12.8 Å². The van der Waals surface area contributed by atoms with E-state index in [9.17, 15) is 8.60 Å². The Bertz CT molecular complexity index is 513. The Hall–Kier alpha value is -0.130. The molecule has 1 atom stereocenters. The first-order chi connectivity index (χ1) is 6.87. The molecule has 0 radical (unpaired) electrons. The van der Waals surface area contributed by atoms with E-state index in [1.165, 1.54) is 18.2 Å². The highest BCUT2D eigenvalue weighted by Gasteiger charge is 2.51. The first-order valence-corrected chi connectivity index (χ1v) is 7.02. The van der Waals surface area contributed by atoms with Gasteiger partial charge in [-0.2, -0.15) is 0 Å². The molecule has 0 bridgehead atoms. The highest BCUT2D eigenvalue weighted by molar-refractivity contribution is 9.10. The Labute approximate surface area is 101 Å². The predicted octanol–water partition coefficient (Wildman–Crippen LogP) is 3.72. The number of hydrogen-bond acceptors (Lipinski definition) is 2. The van der Waals surface area contributed by atoms with E-state index in [0.29, 0.717) is 12.8 Å². The zero-order valence-corrected chi connectivity index (χ0v) is 10.8. The molecular formula is C9H8BrClFNOS. The van der Waals surface area contributed by atoms with Crippen LogP contribution < -0.4 is 0 Å². The summed E-state index contributed by atoms with van der Waals surface area (Å²) in [6.07, 6.45) is 1.15. The molecule has 2 nitrogen and oxygen atoms in total. The lowest BCUT2D eigenvalue weighted by Crippen LogP contribution is -2.14. The summed E-state index contributed by atoms with van der Waals surface area (Å²) >= 11 is 8.99. The van der Waals surface area contributed by atoms with E-state index in [1.807, 2.05) is 0 Å². The average Bonchev–Trinajstić information content (AvgIpc) is 2.90. The number of hydrogen-bond donors (Lipinski definition) is 1. The summed E-state index contributed by atoms with van der Waals surface area (Å²) in [7, 11) is -3.04. The van der Waals surface area contributed by atoms with Gasteiger partial charge in [-0.15, -0.1) is 11.6 Å². The van der Waals surface area contributed by atoms with Crippen LogP contribution in [0.25, 0.3) is 0 Å². The minimum absolute atomic E-state index is 0.209. The van der Waals surface area contributed by atoms with Gasteiger partial charge in [-0.25, -0.2) is 13.4 Å². The Morgan fingerprint density at radius 2 is 2.13 bits per heavy atom. The van der Waals surface area contributed by atoms with E-state index in [0.717, 1.165) is 0 Å². The molecule has 0 heterocycles. The lowest BCUT2D eigenvalue weighted by molar-refractivity contribution is 0.619. The minimum atomic E-state index is -3.04. The van der Waals surface area contributed by atoms with E-state index in [2.05, 4.69) is 15.9 Å². The predicted molar refractivity (Wildman–Crippen MR) is 61.0 cm³/mol. The van der Waals surface area contributed by atoms with Gasteiger partial charge in [0.15, 0.2) is 0 Å². The quantitative estimate of drug-likeness (QED) is 0.831. The molecule has 1 aromatic rings. The number of benzene rings is 1. The molecule has 1 aliphatic carbocycles. The maximum Gasteiger partial charge on any atom is 0.137 e. The van der Waals surface area contributed by atoms with Gasteiger partial charge in [0, 0.05) is 0 Å². The fourth-order valence-electron chi connectivity index (χ4n) is 1.25. The van der Waals surface area contributed by atoms with Crippen molar-refractivity contribution in [3.63, 3.8) is 0 Å². The molecule has 1 N–H and O–H groups in total. The molecule has 1 saturated carbocycles. The van der Waals surface area contributed by atoms with Gasteiger partial charge in [-0.1, -0.05) is 0 Å². The lowest BCUT2D eigenvalue weighted by atomic mass is 10.3. The minimum Gasteiger partial charge on any atom is -0.247 e. The van der Waals surface area contributed by atoms with Crippen LogP contribution in [0.3, 0.4) is 0 Å². The van der Waals surface area contributed by atoms with Gasteiger partial charge in [0.05, 0.1) is 19.1 Å². The topological polar surface area (TPSA) is 40.9 Å². The van der Waals surface area contributed by atoms with Gasteiger partial charge in [0.2, 0.25) is 0 Å². The van der Waals surface area contributed by atoms with Gasteiger partial charge in [0.1, 0.15) is 10.0 Å². The van der Waals surface area contributed by atoms with Crippen molar-refractivity contribution in [1.29, 1.82) is 4.78 Å². The third-order valence-electron chi connectivity index (χ3n) is 2.38. The average molecular weight is 313 g/mol. The van der Waals surface area contributed by atoms with Crippen molar-refractivity contribution in [2.24, 2.45) is 0 Å². The van der Waals surface area contributed by atoms with Crippen LogP contribution in [0.4, 0.5) is 4.39 Å². The second-order valence-corrected chi connectivity index (χ2v) is 7.68. The van der Waals surface area contributed by atoms with E-state index in [1.54, 1.807) is 0 Å². The van der Waals surface area contributed by atoms with Crippen LogP contribution in [0.2, 0.25) is 0 Å². The standard InChI is InChI=1S/C9H8BrClFNOS/c10-7-5-6(1-2-8(7)12)15(13,14)9(11)3-4-9/h1-2,5,13H,3-4H2. The Morgan fingerprint density at radius 3 is 2.60 bits per heavy atom. The molecule has 1 unspecified atom stereocenters. The Balaban J connectivity index is 2.51. The second-order valence-electron chi connectivity index (χ2n) is 3.52. The van der Waals surface area contributed by atoms with Crippen molar-refractivity contribution in [3.8, 4) is 0 Å². The molecule has 82 valence electrons. The third kappa shape index (κ3) is 1.81. The molecule has 1 fully saturated rings. The van der Waals surface area contributed by atoms with Crippen molar-refractivity contribution in [2.75, 3.05) is 0 Å². The first kappa shape index (κ1) is 11.4. The summed E-state index contributed by atoms with van der Waals surface area (Å²) in [5, 5.41) is 0. The SMILES string of the molecule is N=S(=O)(c1ccc(F)c(Br)c1)C1(Cl)CC1. The highest BCUT2D eigenvalue weighted by Crippen LogP contribution is 2.50. The zero-order chi connectivity index (χ0) is 11.3. The van der Waals surface area contributed by atoms with Crippen molar-refractivity contribution >= 4 is 37.3 Å². The summed E-state index contributed by atoms with van der Waals surface area (Å²) in [5.41, 5.74) is 0. The monoisotopic (exact) mass is 311 g/mol.